The molecular weight excluding hydrogens is 436 g/mol. The smallest absolute Gasteiger partial charge is 0.270 e. The molecule has 0 aliphatic carbocycles. The molecule has 32 heavy (non-hydrogen) atoms. The molecule has 3 rings (SSSR count). The van der Waals surface area contributed by atoms with Crippen molar-refractivity contribution in [2.45, 2.75) is 10.9 Å². The second-order valence-corrected chi connectivity index (χ2v) is 9.46. The molecule has 0 spiro atoms. The number of nitro benzene ring substituents is 1. The Bertz CT molecular complexity index is 1050. The Morgan fingerprint density at radius 2 is 1.91 bits per heavy atom. The van der Waals surface area contributed by atoms with Crippen LogP contribution in [0.25, 0.3) is 0 Å². The number of ether oxygens (including phenoxy) is 2. The summed E-state index contributed by atoms with van der Waals surface area (Å²) in [6.45, 7) is 1.33. The Labute approximate surface area is 187 Å². The van der Waals surface area contributed by atoms with Crippen molar-refractivity contribution < 1.29 is 22.8 Å². The number of nitrogens with one attached hydrogen (secondary N) is 1. The SMILES string of the molecule is COc1ccccc1C(CNc1ccc([N+](=O)[O-])cc1S(=O)(=O)N1CCOCC1)N(C)C. The van der Waals surface area contributed by atoms with Gasteiger partial charge in [0.25, 0.3) is 5.69 Å². The highest BCUT2D eigenvalue weighted by molar-refractivity contribution is 7.89. The van der Waals surface area contributed by atoms with Gasteiger partial charge in [-0.15, -0.1) is 0 Å². The first kappa shape index (κ1) is 23.9. The van der Waals surface area contributed by atoms with Crippen LogP contribution in [-0.2, 0) is 14.8 Å². The average Bonchev–Trinajstić information content (AvgIpc) is 2.79. The predicted octanol–water partition coefficient (Wildman–Crippen LogP) is 2.34. The molecule has 1 N–H and O–H groups in total. The Hall–Kier alpha value is -2.73. The highest BCUT2D eigenvalue weighted by Crippen LogP contribution is 2.32. The molecule has 11 heteroatoms. The number of hydrogen-bond acceptors (Lipinski definition) is 8. The van der Waals surface area contributed by atoms with E-state index in [1.165, 1.54) is 16.4 Å². The molecule has 1 heterocycles. The van der Waals surface area contributed by atoms with E-state index in [1.54, 1.807) is 7.11 Å². The van der Waals surface area contributed by atoms with Crippen LogP contribution in [0.4, 0.5) is 11.4 Å². The van der Waals surface area contributed by atoms with Crippen LogP contribution in [0.15, 0.2) is 47.4 Å². The van der Waals surface area contributed by atoms with E-state index in [2.05, 4.69) is 5.32 Å². The molecule has 1 aliphatic heterocycles. The third-order valence-electron chi connectivity index (χ3n) is 5.37. The molecule has 0 aromatic heterocycles. The van der Waals surface area contributed by atoms with Crippen LogP contribution in [0.2, 0.25) is 0 Å². The summed E-state index contributed by atoms with van der Waals surface area (Å²) in [6.07, 6.45) is 0. The zero-order valence-electron chi connectivity index (χ0n) is 18.4. The maximum Gasteiger partial charge on any atom is 0.270 e. The molecule has 0 saturated carbocycles. The van der Waals surface area contributed by atoms with Crippen LogP contribution in [0.5, 0.6) is 5.75 Å². The number of nitro groups is 1. The minimum Gasteiger partial charge on any atom is -0.496 e. The van der Waals surface area contributed by atoms with Crippen molar-refractivity contribution in [3.05, 3.63) is 58.1 Å². The van der Waals surface area contributed by atoms with Gasteiger partial charge in [0.15, 0.2) is 0 Å². The van der Waals surface area contributed by atoms with Gasteiger partial charge in [-0.2, -0.15) is 4.31 Å². The molecular formula is C21H28N4O6S. The van der Waals surface area contributed by atoms with Crippen LogP contribution in [-0.4, -0.2) is 76.6 Å². The van der Waals surface area contributed by atoms with Crippen LogP contribution in [0, 0.1) is 10.1 Å². The molecule has 0 radical (unpaired) electrons. The van der Waals surface area contributed by atoms with E-state index in [0.717, 1.165) is 17.4 Å². The average molecular weight is 465 g/mol. The zero-order chi connectivity index (χ0) is 23.3. The third kappa shape index (κ3) is 5.18. The second kappa shape index (κ2) is 10.3. The number of sulfonamides is 1. The van der Waals surface area contributed by atoms with E-state index in [-0.39, 0.29) is 42.9 Å². The molecule has 0 amide bonds. The molecule has 1 atom stereocenters. The summed E-state index contributed by atoms with van der Waals surface area (Å²) in [5, 5.41) is 14.5. The number of morpholine rings is 1. The van der Waals surface area contributed by atoms with Crippen LogP contribution < -0.4 is 10.1 Å². The summed E-state index contributed by atoms with van der Waals surface area (Å²) in [7, 11) is 1.49. The molecule has 0 bridgehead atoms. The Morgan fingerprint density at radius 3 is 2.53 bits per heavy atom. The van der Waals surface area contributed by atoms with Crippen molar-refractivity contribution in [3.63, 3.8) is 0 Å². The van der Waals surface area contributed by atoms with E-state index in [1.807, 2.05) is 43.3 Å². The number of benzene rings is 2. The standard InChI is InChI=1S/C21H28N4O6S/c1-23(2)19(17-6-4-5-7-20(17)30-3)15-22-18-9-8-16(25(26)27)14-21(18)32(28,29)24-10-12-31-13-11-24/h4-9,14,19,22H,10-13,15H2,1-3H3. The van der Waals surface area contributed by atoms with Gasteiger partial charge in [0.05, 0.1) is 37.0 Å². The molecule has 1 saturated heterocycles. The fourth-order valence-corrected chi connectivity index (χ4v) is 5.22. The number of anilines is 1. The molecule has 174 valence electrons. The first-order valence-electron chi connectivity index (χ1n) is 10.1. The second-order valence-electron chi connectivity index (χ2n) is 7.56. The summed E-state index contributed by atoms with van der Waals surface area (Å²) >= 11 is 0. The molecule has 10 nitrogen and oxygen atoms in total. The van der Waals surface area contributed by atoms with Gasteiger partial charge >= 0.3 is 0 Å². The van der Waals surface area contributed by atoms with Gasteiger partial charge in [-0.25, -0.2) is 8.42 Å². The van der Waals surface area contributed by atoms with Crippen molar-refractivity contribution >= 4 is 21.4 Å². The molecule has 1 aliphatic rings. The topological polar surface area (TPSA) is 114 Å². The van der Waals surface area contributed by atoms with E-state index in [4.69, 9.17) is 9.47 Å². The van der Waals surface area contributed by atoms with Gasteiger partial charge in [0.1, 0.15) is 10.6 Å². The van der Waals surface area contributed by atoms with Gasteiger partial charge < -0.3 is 19.7 Å². The van der Waals surface area contributed by atoms with Gasteiger partial charge in [-0.05, 0) is 26.2 Å². The summed E-state index contributed by atoms with van der Waals surface area (Å²) in [5.74, 6) is 0.720. The molecule has 1 unspecified atom stereocenters. The van der Waals surface area contributed by atoms with E-state index >= 15 is 0 Å². The summed E-state index contributed by atoms with van der Waals surface area (Å²) in [6, 6.07) is 11.3. The normalized spacial score (nSPS) is 16.0. The molecule has 2 aromatic rings. The fourth-order valence-electron chi connectivity index (χ4n) is 3.63. The monoisotopic (exact) mass is 464 g/mol. The van der Waals surface area contributed by atoms with E-state index < -0.39 is 14.9 Å². The lowest BCUT2D eigenvalue weighted by atomic mass is 10.0. The fraction of sp³-hybridized carbons (Fsp3) is 0.429. The number of non-ortho nitro benzene ring substituents is 1. The van der Waals surface area contributed by atoms with Gasteiger partial charge in [0.2, 0.25) is 10.0 Å². The number of rotatable bonds is 9. The number of para-hydroxylation sites is 1. The van der Waals surface area contributed by atoms with E-state index in [9.17, 15) is 18.5 Å². The Morgan fingerprint density at radius 1 is 1.22 bits per heavy atom. The molecule has 2 aromatic carbocycles. The van der Waals surface area contributed by atoms with Crippen molar-refractivity contribution in [1.29, 1.82) is 0 Å². The molecule has 1 fully saturated rings. The number of hydrogen-bond donors (Lipinski definition) is 1. The lowest BCUT2D eigenvalue weighted by Crippen LogP contribution is -2.41. The minimum absolute atomic E-state index is 0.119. The first-order valence-corrected chi connectivity index (χ1v) is 11.6. The van der Waals surface area contributed by atoms with Crippen molar-refractivity contribution in [1.82, 2.24) is 9.21 Å². The summed E-state index contributed by atoms with van der Waals surface area (Å²) in [5.41, 5.74) is 0.965. The quantitative estimate of drug-likeness (QED) is 0.444. The highest BCUT2D eigenvalue weighted by Gasteiger charge is 2.31. The van der Waals surface area contributed by atoms with Crippen LogP contribution in [0.1, 0.15) is 11.6 Å². The lowest BCUT2D eigenvalue weighted by Gasteiger charge is -2.29. The van der Waals surface area contributed by atoms with Crippen LogP contribution >= 0.6 is 0 Å². The number of likely N-dealkylation sites (N-methyl/N-ethyl adjacent to an activating group) is 1. The maximum absolute atomic E-state index is 13.3. The van der Waals surface area contributed by atoms with Crippen molar-refractivity contribution in [3.8, 4) is 5.75 Å². The van der Waals surface area contributed by atoms with E-state index in [0.29, 0.717) is 12.2 Å². The highest BCUT2D eigenvalue weighted by atomic mass is 32.2. The third-order valence-corrected chi connectivity index (χ3v) is 7.31. The number of nitrogens with zero attached hydrogens (tertiary/aromatic N) is 3. The van der Waals surface area contributed by atoms with Gasteiger partial charge in [0, 0.05) is 37.3 Å². The van der Waals surface area contributed by atoms with Gasteiger partial charge in [-0.1, -0.05) is 18.2 Å². The maximum atomic E-state index is 13.3. The predicted molar refractivity (Wildman–Crippen MR) is 121 cm³/mol. The Balaban J connectivity index is 1.95. The van der Waals surface area contributed by atoms with Crippen LogP contribution in [0.3, 0.4) is 0 Å². The minimum atomic E-state index is -3.95. The van der Waals surface area contributed by atoms with Crippen molar-refractivity contribution in [2.75, 3.05) is 59.4 Å². The zero-order valence-corrected chi connectivity index (χ0v) is 19.2. The largest absolute Gasteiger partial charge is 0.496 e. The lowest BCUT2D eigenvalue weighted by molar-refractivity contribution is -0.385. The summed E-state index contributed by atoms with van der Waals surface area (Å²) < 4.78 is 38.7. The van der Waals surface area contributed by atoms with Gasteiger partial charge in [-0.3, -0.25) is 10.1 Å². The summed E-state index contributed by atoms with van der Waals surface area (Å²) in [4.78, 5) is 12.6. The number of methoxy groups -OCH3 is 1. The Kier molecular flexibility index (Phi) is 7.67. The van der Waals surface area contributed by atoms with Crippen molar-refractivity contribution in [2.24, 2.45) is 0 Å². The first-order chi connectivity index (χ1) is 15.3.